The van der Waals surface area contributed by atoms with Crippen molar-refractivity contribution in [3.05, 3.63) is 104 Å². The minimum Gasteiger partial charge on any atom is -0.462 e. The Morgan fingerprint density at radius 2 is 1.73 bits per heavy atom. The molecule has 41 heavy (non-hydrogen) atoms. The summed E-state index contributed by atoms with van der Waals surface area (Å²) in [6.07, 6.45) is 0. The van der Waals surface area contributed by atoms with Crippen molar-refractivity contribution in [1.29, 1.82) is 0 Å². The van der Waals surface area contributed by atoms with E-state index in [1.165, 1.54) is 11.3 Å². The van der Waals surface area contributed by atoms with Crippen LogP contribution in [-0.2, 0) is 9.53 Å². The number of fused-ring (bicyclic) bond motifs is 1. The fraction of sp³-hybridized carbons (Fsp3) is 0.161. The average Bonchev–Trinajstić information content (AvgIpc) is 3.35. The van der Waals surface area contributed by atoms with Crippen LogP contribution in [0.1, 0.15) is 28.4 Å². The number of aromatic nitrogens is 2. The van der Waals surface area contributed by atoms with Crippen molar-refractivity contribution in [1.82, 2.24) is 9.55 Å². The fourth-order valence-corrected chi connectivity index (χ4v) is 6.56. The van der Waals surface area contributed by atoms with Gasteiger partial charge in [0, 0.05) is 21.5 Å². The Hall–Kier alpha value is -3.92. The second-order valence-corrected chi connectivity index (χ2v) is 11.5. The second-order valence-electron chi connectivity index (χ2n) is 9.29. The third-order valence-electron chi connectivity index (χ3n) is 6.23. The van der Waals surface area contributed by atoms with Gasteiger partial charge in [0.05, 0.1) is 29.0 Å². The van der Waals surface area contributed by atoms with Crippen LogP contribution in [0.5, 0.6) is 0 Å². The lowest BCUT2D eigenvalue weighted by Crippen LogP contribution is -2.23. The van der Waals surface area contributed by atoms with E-state index in [1.54, 1.807) is 47.2 Å². The Bertz CT molecular complexity index is 1830. The molecule has 0 bridgehead atoms. The lowest BCUT2D eigenvalue weighted by Gasteiger charge is -2.14. The number of para-hydroxylation sites is 1. The molecule has 2 aromatic heterocycles. The highest BCUT2D eigenvalue weighted by molar-refractivity contribution is 7.99. The largest absolute Gasteiger partial charge is 0.462 e. The summed E-state index contributed by atoms with van der Waals surface area (Å²) in [6.45, 7) is 5.84. The van der Waals surface area contributed by atoms with E-state index in [2.05, 4.69) is 5.32 Å². The maximum Gasteiger partial charge on any atom is 0.341 e. The van der Waals surface area contributed by atoms with Crippen LogP contribution in [0.2, 0.25) is 5.02 Å². The van der Waals surface area contributed by atoms with Gasteiger partial charge in [-0.05, 0) is 62.2 Å². The Labute approximate surface area is 250 Å². The first-order valence-corrected chi connectivity index (χ1v) is 15.1. The number of amides is 1. The zero-order chi connectivity index (χ0) is 29.1. The summed E-state index contributed by atoms with van der Waals surface area (Å²) in [5.41, 5.74) is 4.53. The molecule has 5 aromatic rings. The molecular formula is C31H26ClN3O4S2. The summed E-state index contributed by atoms with van der Waals surface area (Å²) in [5.74, 6) is -0.953. The molecule has 0 atom stereocenters. The molecule has 2 heterocycles. The van der Waals surface area contributed by atoms with Gasteiger partial charge >= 0.3 is 5.97 Å². The molecule has 0 saturated carbocycles. The Balaban J connectivity index is 1.47. The summed E-state index contributed by atoms with van der Waals surface area (Å²) < 4.78 is 6.84. The Kier molecular flexibility index (Phi) is 8.58. The molecule has 0 unspecified atom stereocenters. The Morgan fingerprint density at radius 1 is 1.02 bits per heavy atom. The number of carbonyl (C=O) groups excluding carboxylic acids is 2. The predicted molar refractivity (Wildman–Crippen MR) is 167 cm³/mol. The number of rotatable bonds is 8. The number of benzene rings is 3. The number of aryl methyl sites for hydroxylation is 2. The van der Waals surface area contributed by atoms with Gasteiger partial charge in [-0.25, -0.2) is 9.78 Å². The standard InChI is InChI=1S/C31H26ClN3O4S2/c1-4-39-30(38)27-23(21-9-5-7-11-24(21)32)16-40-28(27)34-26(36)17-41-31-33-25-12-8-6-10-22(25)29(37)35(31)20-14-18(2)13-19(3)15-20/h5-16H,4,17H2,1-3H3,(H,34,36). The molecule has 0 spiro atoms. The van der Waals surface area contributed by atoms with Crippen molar-refractivity contribution in [2.75, 3.05) is 17.7 Å². The average molecular weight is 604 g/mol. The number of thiophene rings is 1. The minimum atomic E-state index is -0.550. The van der Waals surface area contributed by atoms with Gasteiger partial charge < -0.3 is 10.1 Å². The number of ether oxygens (including phenoxy) is 1. The number of thioether (sulfide) groups is 1. The molecule has 208 valence electrons. The molecule has 0 saturated heterocycles. The van der Waals surface area contributed by atoms with E-state index in [0.29, 0.717) is 42.9 Å². The summed E-state index contributed by atoms with van der Waals surface area (Å²) in [7, 11) is 0. The number of esters is 1. The number of nitrogens with zero attached hydrogens (tertiary/aromatic N) is 2. The number of halogens is 1. The van der Waals surface area contributed by atoms with Crippen LogP contribution < -0.4 is 10.9 Å². The van der Waals surface area contributed by atoms with Crippen LogP contribution in [0.3, 0.4) is 0 Å². The number of nitrogens with one attached hydrogen (secondary N) is 1. The van der Waals surface area contributed by atoms with Crippen LogP contribution >= 0.6 is 34.7 Å². The van der Waals surface area contributed by atoms with Gasteiger partial charge in [0.25, 0.3) is 5.56 Å². The van der Waals surface area contributed by atoms with Crippen molar-refractivity contribution in [3.63, 3.8) is 0 Å². The number of carbonyl (C=O) groups is 2. The van der Waals surface area contributed by atoms with Crippen LogP contribution in [-0.4, -0.2) is 33.8 Å². The molecule has 0 aliphatic heterocycles. The quantitative estimate of drug-likeness (QED) is 0.114. The van der Waals surface area contributed by atoms with Gasteiger partial charge in [-0.1, -0.05) is 59.8 Å². The van der Waals surface area contributed by atoms with Crippen LogP contribution in [0.15, 0.2) is 82.1 Å². The molecule has 0 aliphatic rings. The molecular weight excluding hydrogens is 578 g/mol. The zero-order valence-electron chi connectivity index (χ0n) is 22.6. The smallest absolute Gasteiger partial charge is 0.341 e. The lowest BCUT2D eigenvalue weighted by molar-refractivity contribution is -0.113. The summed E-state index contributed by atoms with van der Waals surface area (Å²) in [6, 6.07) is 20.2. The van der Waals surface area contributed by atoms with Crippen LogP contribution in [0.25, 0.3) is 27.7 Å². The van der Waals surface area contributed by atoms with E-state index < -0.39 is 5.97 Å². The third-order valence-corrected chi connectivity index (χ3v) is 8.39. The molecule has 5 rings (SSSR count). The summed E-state index contributed by atoms with van der Waals surface area (Å²) >= 11 is 8.78. The SMILES string of the molecule is CCOC(=O)c1c(-c2ccccc2Cl)csc1NC(=O)CSc1nc2ccccc2c(=O)n1-c1cc(C)cc(C)c1. The van der Waals surface area contributed by atoms with E-state index >= 15 is 0 Å². The molecule has 7 nitrogen and oxygen atoms in total. The van der Waals surface area contributed by atoms with Gasteiger partial charge in [-0.15, -0.1) is 11.3 Å². The normalized spacial score (nSPS) is 11.0. The van der Waals surface area contributed by atoms with Crippen molar-refractivity contribution in [2.45, 2.75) is 25.9 Å². The minimum absolute atomic E-state index is 0.0445. The molecule has 1 N–H and O–H groups in total. The predicted octanol–water partition coefficient (Wildman–Crippen LogP) is 7.29. The first-order chi connectivity index (χ1) is 19.8. The summed E-state index contributed by atoms with van der Waals surface area (Å²) in [5, 5.41) is 6.36. The van der Waals surface area contributed by atoms with Gasteiger partial charge in [0.1, 0.15) is 10.6 Å². The third kappa shape index (κ3) is 6.07. The second kappa shape index (κ2) is 12.3. The van der Waals surface area contributed by atoms with Crippen molar-refractivity contribution < 1.29 is 14.3 Å². The number of hydrogen-bond acceptors (Lipinski definition) is 7. The van der Waals surface area contributed by atoms with Gasteiger partial charge in [0.2, 0.25) is 5.91 Å². The molecule has 0 radical (unpaired) electrons. The monoisotopic (exact) mass is 603 g/mol. The first-order valence-electron chi connectivity index (χ1n) is 12.8. The van der Waals surface area contributed by atoms with E-state index in [4.69, 9.17) is 21.3 Å². The van der Waals surface area contributed by atoms with Gasteiger partial charge in [-0.2, -0.15) is 0 Å². The van der Waals surface area contributed by atoms with E-state index in [1.807, 2.05) is 50.2 Å². The maximum absolute atomic E-state index is 13.6. The van der Waals surface area contributed by atoms with Crippen molar-refractivity contribution >= 4 is 62.5 Å². The van der Waals surface area contributed by atoms with E-state index in [9.17, 15) is 14.4 Å². The first kappa shape index (κ1) is 28.6. The number of anilines is 1. The zero-order valence-corrected chi connectivity index (χ0v) is 25.0. The van der Waals surface area contributed by atoms with Crippen molar-refractivity contribution in [2.24, 2.45) is 0 Å². The highest BCUT2D eigenvalue weighted by atomic mass is 35.5. The van der Waals surface area contributed by atoms with Crippen LogP contribution in [0.4, 0.5) is 5.00 Å². The van der Waals surface area contributed by atoms with E-state index in [-0.39, 0.29) is 29.4 Å². The van der Waals surface area contributed by atoms with Crippen LogP contribution in [0, 0.1) is 13.8 Å². The molecule has 0 aliphatic carbocycles. The fourth-order valence-electron chi connectivity index (χ4n) is 4.54. The Morgan fingerprint density at radius 3 is 2.46 bits per heavy atom. The van der Waals surface area contributed by atoms with Crippen molar-refractivity contribution in [3.8, 4) is 16.8 Å². The number of hydrogen-bond donors (Lipinski definition) is 1. The van der Waals surface area contributed by atoms with Gasteiger partial charge in [0.15, 0.2) is 5.16 Å². The lowest BCUT2D eigenvalue weighted by atomic mass is 10.0. The van der Waals surface area contributed by atoms with Gasteiger partial charge in [-0.3, -0.25) is 14.2 Å². The topological polar surface area (TPSA) is 90.3 Å². The highest BCUT2D eigenvalue weighted by Gasteiger charge is 2.24. The molecule has 10 heteroatoms. The molecule has 1 amide bonds. The molecule has 3 aromatic carbocycles. The van der Waals surface area contributed by atoms with E-state index in [0.717, 1.165) is 22.9 Å². The molecule has 0 fully saturated rings. The maximum atomic E-state index is 13.6. The summed E-state index contributed by atoms with van der Waals surface area (Å²) in [4.78, 5) is 44.5. The highest BCUT2D eigenvalue weighted by Crippen LogP contribution is 2.39.